The van der Waals surface area contributed by atoms with Gasteiger partial charge in [0.05, 0.1) is 22.3 Å². The van der Waals surface area contributed by atoms with Crippen LogP contribution in [0.4, 0.5) is 11.6 Å². The molecule has 0 atom stereocenters. The van der Waals surface area contributed by atoms with Crippen molar-refractivity contribution in [3.8, 4) is 11.3 Å². The molecule has 4 aromatic rings. The van der Waals surface area contributed by atoms with Crippen molar-refractivity contribution in [3.05, 3.63) is 71.9 Å². The number of hydrogen-bond donors (Lipinski definition) is 1. The number of piperidine rings is 1. The van der Waals surface area contributed by atoms with Crippen LogP contribution < -0.4 is 5.32 Å². The van der Waals surface area contributed by atoms with E-state index in [-0.39, 0.29) is 4.90 Å². The quantitative estimate of drug-likeness (QED) is 0.452. The average Bonchev–Trinajstić information content (AvgIpc) is 3.23. The minimum Gasteiger partial charge on any atom is -0.323 e. The Bertz CT molecular complexity index is 1450. The topological polar surface area (TPSA) is 79.6 Å². The fraction of sp³-hybridized carbons (Fsp3) is 0.308. The van der Waals surface area contributed by atoms with Gasteiger partial charge in [-0.1, -0.05) is 18.2 Å². The van der Waals surface area contributed by atoms with Gasteiger partial charge in [0.25, 0.3) is 0 Å². The standard InChI is InChI=1S/C26H29N5O2S/c1-18-15-21(7-9-24(18)19-11-13-30(2)14-12-19)28-26-27-17-22-8-10-25(31(22)29-26)20-5-4-6-23(16-20)34(3,32)33/h4-10,15-17,19H,11-14H2,1-3H3,(H,28,29). The van der Waals surface area contributed by atoms with Crippen LogP contribution in [-0.4, -0.2) is 54.3 Å². The lowest BCUT2D eigenvalue weighted by molar-refractivity contribution is 0.255. The highest BCUT2D eigenvalue weighted by atomic mass is 32.2. The van der Waals surface area contributed by atoms with Gasteiger partial charge in [-0.3, -0.25) is 0 Å². The van der Waals surface area contributed by atoms with E-state index in [0.717, 1.165) is 35.6 Å². The Morgan fingerprint density at radius 1 is 1.03 bits per heavy atom. The summed E-state index contributed by atoms with van der Waals surface area (Å²) in [4.78, 5) is 7.15. The van der Waals surface area contributed by atoms with E-state index in [1.54, 1.807) is 28.9 Å². The first kappa shape index (κ1) is 22.6. The van der Waals surface area contributed by atoms with Crippen LogP contribution in [0.15, 0.2) is 65.7 Å². The monoisotopic (exact) mass is 475 g/mol. The number of nitrogens with one attached hydrogen (secondary N) is 1. The molecule has 2 aromatic carbocycles. The number of fused-ring (bicyclic) bond motifs is 1. The molecule has 0 amide bonds. The molecule has 1 saturated heterocycles. The molecule has 1 aliphatic heterocycles. The predicted octanol–water partition coefficient (Wildman–Crippen LogP) is 4.66. The number of rotatable bonds is 5. The Labute approximate surface area is 200 Å². The summed E-state index contributed by atoms with van der Waals surface area (Å²) in [6.45, 7) is 4.45. The maximum atomic E-state index is 12.0. The maximum absolute atomic E-state index is 12.0. The molecule has 1 fully saturated rings. The molecule has 0 spiro atoms. The highest BCUT2D eigenvalue weighted by Gasteiger charge is 2.20. The summed E-state index contributed by atoms with van der Waals surface area (Å²) in [5.41, 5.74) is 6.07. The van der Waals surface area contributed by atoms with Crippen LogP contribution in [0.1, 0.15) is 29.9 Å². The summed E-state index contributed by atoms with van der Waals surface area (Å²) in [6, 6.07) is 17.3. The van der Waals surface area contributed by atoms with E-state index >= 15 is 0 Å². The second-order valence-corrected chi connectivity index (χ2v) is 11.2. The molecule has 3 heterocycles. The zero-order valence-electron chi connectivity index (χ0n) is 19.7. The summed E-state index contributed by atoms with van der Waals surface area (Å²) >= 11 is 0. The molecule has 176 valence electrons. The Kier molecular flexibility index (Phi) is 5.87. The number of likely N-dealkylation sites (tertiary alicyclic amines) is 1. The SMILES string of the molecule is Cc1cc(Nc2ncc3ccc(-c4cccc(S(C)(=O)=O)c4)n3n2)ccc1C1CCN(C)CC1. The summed E-state index contributed by atoms with van der Waals surface area (Å²) in [7, 11) is -1.11. The molecule has 34 heavy (non-hydrogen) atoms. The Morgan fingerprint density at radius 3 is 2.56 bits per heavy atom. The molecule has 0 unspecified atom stereocenters. The van der Waals surface area contributed by atoms with Crippen LogP contribution in [-0.2, 0) is 9.84 Å². The van der Waals surface area contributed by atoms with Crippen LogP contribution in [0.2, 0.25) is 0 Å². The lowest BCUT2D eigenvalue weighted by atomic mass is 9.87. The average molecular weight is 476 g/mol. The van der Waals surface area contributed by atoms with E-state index in [0.29, 0.717) is 11.9 Å². The van der Waals surface area contributed by atoms with Gasteiger partial charge in [0.15, 0.2) is 9.84 Å². The zero-order chi connectivity index (χ0) is 23.9. The first-order chi connectivity index (χ1) is 16.3. The highest BCUT2D eigenvalue weighted by molar-refractivity contribution is 7.90. The van der Waals surface area contributed by atoms with Gasteiger partial charge in [0.1, 0.15) is 0 Å². The first-order valence-corrected chi connectivity index (χ1v) is 13.4. The van der Waals surface area contributed by atoms with Crippen LogP contribution in [0.3, 0.4) is 0 Å². The van der Waals surface area contributed by atoms with Gasteiger partial charge >= 0.3 is 0 Å². The smallest absolute Gasteiger partial charge is 0.245 e. The summed E-state index contributed by atoms with van der Waals surface area (Å²) in [5.74, 6) is 1.10. The molecule has 0 saturated carbocycles. The van der Waals surface area contributed by atoms with Crippen LogP contribution in [0, 0.1) is 6.92 Å². The number of nitrogens with zero attached hydrogens (tertiary/aromatic N) is 4. The van der Waals surface area contributed by atoms with Crippen LogP contribution in [0.25, 0.3) is 16.8 Å². The minimum absolute atomic E-state index is 0.285. The molecule has 5 rings (SSSR count). The third kappa shape index (κ3) is 4.56. The molecule has 1 aliphatic rings. The highest BCUT2D eigenvalue weighted by Crippen LogP contribution is 2.31. The number of hydrogen-bond acceptors (Lipinski definition) is 6. The van der Waals surface area contributed by atoms with E-state index in [1.165, 1.54) is 30.2 Å². The predicted molar refractivity (Wildman–Crippen MR) is 135 cm³/mol. The van der Waals surface area contributed by atoms with E-state index in [1.807, 2.05) is 18.2 Å². The molecule has 0 bridgehead atoms. The van der Waals surface area contributed by atoms with Crippen molar-refractivity contribution in [2.45, 2.75) is 30.6 Å². The van der Waals surface area contributed by atoms with Gasteiger partial charge < -0.3 is 10.2 Å². The van der Waals surface area contributed by atoms with E-state index in [9.17, 15) is 8.42 Å². The molecular weight excluding hydrogens is 446 g/mol. The van der Waals surface area contributed by atoms with Crippen LogP contribution >= 0.6 is 0 Å². The van der Waals surface area contributed by atoms with E-state index in [2.05, 4.69) is 52.5 Å². The van der Waals surface area contributed by atoms with Gasteiger partial charge in [-0.05, 0) is 93.3 Å². The zero-order valence-corrected chi connectivity index (χ0v) is 20.5. The number of sulfone groups is 1. The lowest BCUT2D eigenvalue weighted by Crippen LogP contribution is -2.29. The van der Waals surface area contributed by atoms with Crippen molar-refractivity contribution in [3.63, 3.8) is 0 Å². The number of aryl methyl sites for hydroxylation is 1. The second kappa shape index (κ2) is 8.85. The molecule has 8 heteroatoms. The van der Waals surface area contributed by atoms with Crippen molar-refractivity contribution in [1.82, 2.24) is 19.5 Å². The van der Waals surface area contributed by atoms with Gasteiger partial charge in [-0.25, -0.2) is 17.9 Å². The van der Waals surface area contributed by atoms with Crippen LogP contribution in [0.5, 0.6) is 0 Å². The molecule has 1 N–H and O–H groups in total. The molecular formula is C26H29N5O2S. The maximum Gasteiger partial charge on any atom is 0.245 e. The van der Waals surface area contributed by atoms with Gasteiger partial charge in [0.2, 0.25) is 5.95 Å². The Hall–Kier alpha value is -3.23. The lowest BCUT2D eigenvalue weighted by Gasteiger charge is -2.30. The fourth-order valence-electron chi connectivity index (χ4n) is 4.72. The summed E-state index contributed by atoms with van der Waals surface area (Å²) < 4.78 is 25.8. The summed E-state index contributed by atoms with van der Waals surface area (Å²) in [6.07, 6.45) is 5.37. The van der Waals surface area contributed by atoms with Crippen molar-refractivity contribution < 1.29 is 8.42 Å². The number of aromatic nitrogens is 3. The van der Waals surface area contributed by atoms with Gasteiger partial charge in [-0.15, -0.1) is 5.10 Å². The Balaban J connectivity index is 1.42. The van der Waals surface area contributed by atoms with Crippen molar-refractivity contribution >= 4 is 27.0 Å². The first-order valence-electron chi connectivity index (χ1n) is 11.5. The van der Waals surface area contributed by atoms with Crippen molar-refractivity contribution in [2.75, 3.05) is 31.7 Å². The third-order valence-electron chi connectivity index (χ3n) is 6.64. The second-order valence-electron chi connectivity index (χ2n) is 9.21. The minimum atomic E-state index is -3.29. The molecule has 7 nitrogen and oxygen atoms in total. The van der Waals surface area contributed by atoms with Gasteiger partial charge in [-0.2, -0.15) is 0 Å². The Morgan fingerprint density at radius 2 is 1.82 bits per heavy atom. The third-order valence-corrected chi connectivity index (χ3v) is 7.75. The number of anilines is 2. The van der Waals surface area contributed by atoms with Crippen molar-refractivity contribution in [2.24, 2.45) is 0 Å². The summed E-state index contributed by atoms with van der Waals surface area (Å²) in [5, 5.41) is 8.02. The van der Waals surface area contributed by atoms with Gasteiger partial charge in [0, 0.05) is 17.5 Å². The normalized spacial score (nSPS) is 15.6. The molecule has 2 aromatic heterocycles. The van der Waals surface area contributed by atoms with E-state index in [4.69, 9.17) is 0 Å². The molecule has 0 radical (unpaired) electrons. The van der Waals surface area contributed by atoms with E-state index < -0.39 is 9.84 Å². The van der Waals surface area contributed by atoms with Crippen molar-refractivity contribution in [1.29, 1.82) is 0 Å². The largest absolute Gasteiger partial charge is 0.323 e. The molecule has 0 aliphatic carbocycles. The number of benzene rings is 2. The fourth-order valence-corrected chi connectivity index (χ4v) is 5.39.